The van der Waals surface area contributed by atoms with Crippen LogP contribution in [-0.2, 0) is 9.53 Å². The molecule has 0 aromatic carbocycles. The molecule has 1 amide bonds. The van der Waals surface area contributed by atoms with Gasteiger partial charge in [-0.25, -0.2) is 5.10 Å². The Kier molecular flexibility index (Phi) is 7.62. The van der Waals surface area contributed by atoms with Gasteiger partial charge in [0.15, 0.2) is 5.84 Å². The van der Waals surface area contributed by atoms with Gasteiger partial charge in [0, 0.05) is 6.54 Å². The van der Waals surface area contributed by atoms with Crippen molar-refractivity contribution >= 4 is 11.7 Å². The van der Waals surface area contributed by atoms with Crippen molar-refractivity contribution in [3.05, 3.63) is 42.5 Å². The number of aromatic amines is 1. The number of carbonyl (C=O) groups is 1. The number of carbonyl (C=O) groups excluding carboxylic acids is 1. The third-order valence-corrected chi connectivity index (χ3v) is 2.58. The standard InChI is InChI=1S/C14H20N6O3/c1-3-10(8-17-13(21)12(15)16)7-11(4-2)22-5-6-23-14-18-9-19-20-14/h3-4,7,9H,2,5-6,8H2,1H3,(H3,15,16)(H,17,21)(H,18,19,20)/b10-3+,11-7+. The minimum atomic E-state index is -0.626. The van der Waals surface area contributed by atoms with Crippen molar-refractivity contribution in [3.63, 3.8) is 0 Å². The van der Waals surface area contributed by atoms with E-state index in [2.05, 4.69) is 27.1 Å². The first-order chi connectivity index (χ1) is 11.1. The number of ether oxygens (including phenoxy) is 2. The van der Waals surface area contributed by atoms with Gasteiger partial charge in [0.2, 0.25) is 0 Å². The number of aromatic nitrogens is 3. The lowest BCUT2D eigenvalue weighted by Gasteiger charge is -2.09. The summed E-state index contributed by atoms with van der Waals surface area (Å²) >= 11 is 0. The molecule has 0 bridgehead atoms. The highest BCUT2D eigenvalue weighted by molar-refractivity contribution is 6.35. The summed E-state index contributed by atoms with van der Waals surface area (Å²) in [5.41, 5.74) is 5.86. The SMILES string of the molecule is C=C/C(=C\C(=C/C)CNC(=O)C(=N)N)OCCOc1ncn[nH]1. The Morgan fingerprint density at radius 1 is 1.57 bits per heavy atom. The highest BCUT2D eigenvalue weighted by atomic mass is 16.5. The highest BCUT2D eigenvalue weighted by Gasteiger charge is 2.05. The number of allylic oxidation sites excluding steroid dienone is 2. The summed E-state index contributed by atoms with van der Waals surface area (Å²) in [7, 11) is 0. The van der Waals surface area contributed by atoms with Crippen LogP contribution < -0.4 is 15.8 Å². The Hall–Kier alpha value is -3.10. The molecule has 1 aromatic rings. The van der Waals surface area contributed by atoms with Crippen LogP contribution in [0.15, 0.2) is 42.5 Å². The maximum Gasteiger partial charge on any atom is 0.312 e. The number of nitrogens with zero attached hydrogens (tertiary/aromatic N) is 2. The second kappa shape index (κ2) is 9.77. The molecule has 0 spiro atoms. The maximum absolute atomic E-state index is 11.3. The number of hydrogen-bond donors (Lipinski definition) is 4. The molecule has 0 aliphatic carbocycles. The largest absolute Gasteiger partial charge is 0.490 e. The molecule has 0 saturated heterocycles. The number of rotatable bonds is 9. The molecular weight excluding hydrogens is 300 g/mol. The summed E-state index contributed by atoms with van der Waals surface area (Å²) in [4.78, 5) is 15.1. The van der Waals surface area contributed by atoms with Gasteiger partial charge in [0.25, 0.3) is 5.91 Å². The molecule has 9 nitrogen and oxygen atoms in total. The van der Waals surface area contributed by atoms with E-state index in [4.69, 9.17) is 20.6 Å². The second-order valence-corrected chi connectivity index (χ2v) is 4.20. The summed E-state index contributed by atoms with van der Waals surface area (Å²) in [5.74, 6) is -0.634. The summed E-state index contributed by atoms with van der Waals surface area (Å²) in [5, 5.41) is 15.7. The fraction of sp³-hybridized carbons (Fsp3) is 0.286. The van der Waals surface area contributed by atoms with E-state index >= 15 is 0 Å². The number of amides is 1. The van der Waals surface area contributed by atoms with Gasteiger partial charge in [-0.05, 0) is 24.6 Å². The summed E-state index contributed by atoms with van der Waals surface area (Å²) in [6, 6.07) is 0.318. The summed E-state index contributed by atoms with van der Waals surface area (Å²) < 4.78 is 10.8. The summed E-state index contributed by atoms with van der Waals surface area (Å²) in [6.07, 6.45) is 6.42. The predicted octanol–water partition coefficient (Wildman–Crippen LogP) is 0.268. The van der Waals surface area contributed by atoms with Gasteiger partial charge in [-0.2, -0.15) is 10.1 Å². The average molecular weight is 320 g/mol. The predicted molar refractivity (Wildman–Crippen MR) is 84.8 cm³/mol. The van der Waals surface area contributed by atoms with Crippen molar-refractivity contribution in [2.24, 2.45) is 5.73 Å². The zero-order valence-corrected chi connectivity index (χ0v) is 12.8. The van der Waals surface area contributed by atoms with Crippen molar-refractivity contribution < 1.29 is 14.3 Å². The molecule has 9 heteroatoms. The molecule has 0 aliphatic heterocycles. The van der Waals surface area contributed by atoms with Gasteiger partial charge in [0.1, 0.15) is 25.3 Å². The first-order valence-electron chi connectivity index (χ1n) is 6.79. The Labute approximate surface area is 133 Å². The van der Waals surface area contributed by atoms with Crippen LogP contribution in [-0.4, -0.2) is 46.7 Å². The van der Waals surface area contributed by atoms with Crippen LogP contribution in [0, 0.1) is 5.41 Å². The van der Waals surface area contributed by atoms with Crippen LogP contribution in [0.4, 0.5) is 0 Å². The Balaban J connectivity index is 2.43. The van der Waals surface area contributed by atoms with Crippen LogP contribution in [0.5, 0.6) is 6.01 Å². The number of H-pyrrole nitrogens is 1. The molecule has 1 rings (SSSR count). The molecule has 0 fully saturated rings. The number of nitrogens with one attached hydrogen (secondary N) is 3. The highest BCUT2D eigenvalue weighted by Crippen LogP contribution is 2.06. The summed E-state index contributed by atoms with van der Waals surface area (Å²) in [6.45, 7) is 6.29. The van der Waals surface area contributed by atoms with Crippen molar-refractivity contribution in [3.8, 4) is 6.01 Å². The fourth-order valence-electron chi connectivity index (χ4n) is 1.42. The van der Waals surface area contributed by atoms with E-state index in [1.165, 1.54) is 6.33 Å². The lowest BCUT2D eigenvalue weighted by Crippen LogP contribution is -2.36. The molecule has 1 aromatic heterocycles. The molecule has 0 atom stereocenters. The zero-order chi connectivity index (χ0) is 17.1. The van der Waals surface area contributed by atoms with E-state index in [1.54, 1.807) is 18.2 Å². The lowest BCUT2D eigenvalue weighted by molar-refractivity contribution is -0.114. The Morgan fingerprint density at radius 2 is 2.35 bits per heavy atom. The zero-order valence-electron chi connectivity index (χ0n) is 12.8. The maximum atomic E-state index is 11.3. The van der Waals surface area contributed by atoms with Gasteiger partial charge in [-0.1, -0.05) is 12.7 Å². The molecule has 5 N–H and O–H groups in total. The number of amidine groups is 1. The third-order valence-electron chi connectivity index (χ3n) is 2.58. The van der Waals surface area contributed by atoms with E-state index < -0.39 is 11.7 Å². The minimum Gasteiger partial charge on any atom is -0.490 e. The Bertz CT molecular complexity index is 592. The van der Waals surface area contributed by atoms with Crippen LogP contribution in [0.1, 0.15) is 6.92 Å². The van der Waals surface area contributed by atoms with Crippen molar-refractivity contribution in [1.29, 1.82) is 5.41 Å². The van der Waals surface area contributed by atoms with E-state index in [9.17, 15) is 4.79 Å². The molecule has 0 radical (unpaired) electrons. The Morgan fingerprint density at radius 3 is 2.91 bits per heavy atom. The lowest BCUT2D eigenvalue weighted by atomic mass is 10.2. The molecule has 23 heavy (non-hydrogen) atoms. The van der Waals surface area contributed by atoms with Gasteiger partial charge in [0.05, 0.1) is 0 Å². The normalized spacial score (nSPS) is 11.7. The van der Waals surface area contributed by atoms with Crippen LogP contribution in [0.2, 0.25) is 0 Å². The first-order valence-corrected chi connectivity index (χ1v) is 6.79. The van der Waals surface area contributed by atoms with Crippen molar-refractivity contribution in [2.75, 3.05) is 19.8 Å². The van der Waals surface area contributed by atoms with Crippen LogP contribution in [0.25, 0.3) is 0 Å². The van der Waals surface area contributed by atoms with Crippen LogP contribution in [0.3, 0.4) is 0 Å². The van der Waals surface area contributed by atoms with Gasteiger partial charge >= 0.3 is 6.01 Å². The molecule has 0 unspecified atom stereocenters. The second-order valence-electron chi connectivity index (χ2n) is 4.20. The van der Waals surface area contributed by atoms with Gasteiger partial charge < -0.3 is 20.5 Å². The molecular formula is C14H20N6O3. The quantitative estimate of drug-likeness (QED) is 0.169. The van der Waals surface area contributed by atoms with Crippen LogP contribution >= 0.6 is 0 Å². The van der Waals surface area contributed by atoms with Gasteiger partial charge in [-0.15, -0.1) is 0 Å². The van der Waals surface area contributed by atoms with E-state index in [0.29, 0.717) is 11.8 Å². The number of nitrogens with two attached hydrogens (primary N) is 1. The molecule has 0 saturated carbocycles. The monoisotopic (exact) mass is 320 g/mol. The molecule has 124 valence electrons. The average Bonchev–Trinajstić information content (AvgIpc) is 3.06. The van der Waals surface area contributed by atoms with Gasteiger partial charge in [-0.3, -0.25) is 10.2 Å². The molecule has 0 aliphatic rings. The topological polar surface area (TPSA) is 139 Å². The first kappa shape index (κ1) is 18.0. The number of hydrogen-bond acceptors (Lipinski definition) is 6. The fourth-order valence-corrected chi connectivity index (χ4v) is 1.42. The van der Waals surface area contributed by atoms with Crippen molar-refractivity contribution in [1.82, 2.24) is 20.5 Å². The van der Waals surface area contributed by atoms with E-state index in [1.807, 2.05) is 6.92 Å². The third kappa shape index (κ3) is 6.93. The van der Waals surface area contributed by atoms with E-state index in [0.717, 1.165) is 5.57 Å². The van der Waals surface area contributed by atoms with E-state index in [-0.39, 0.29) is 19.8 Å². The molecule has 1 heterocycles. The smallest absolute Gasteiger partial charge is 0.312 e. The van der Waals surface area contributed by atoms with Crippen molar-refractivity contribution in [2.45, 2.75) is 6.92 Å². The minimum absolute atomic E-state index is 0.226.